The molecule has 1 unspecified atom stereocenters. The molecular weight excluding hydrogens is 459 g/mol. The number of carbonyl (C=O) groups is 2. The number of anilines is 1. The quantitative estimate of drug-likeness (QED) is 0.535. The highest BCUT2D eigenvalue weighted by Gasteiger charge is 2.32. The number of alkyl halides is 2. The van der Waals surface area contributed by atoms with Gasteiger partial charge in [-0.1, -0.05) is 42.5 Å². The molecule has 1 fully saturated rings. The second-order valence-corrected chi connectivity index (χ2v) is 8.01. The van der Waals surface area contributed by atoms with Gasteiger partial charge in [-0.15, -0.1) is 0 Å². The Balaban J connectivity index is 1.48. The predicted octanol–water partition coefficient (Wildman–Crippen LogP) is 4.56. The lowest BCUT2D eigenvalue weighted by Crippen LogP contribution is -2.51. The SMILES string of the molecule is O=C(Nc1ccc(F)cc1)C(c1ccccc1)N1CCN(C(=O)c2ccccc2OC(F)F)CC1. The number of hydrogen-bond donors (Lipinski definition) is 1. The van der Waals surface area contributed by atoms with Crippen molar-refractivity contribution in [2.24, 2.45) is 0 Å². The molecule has 3 aromatic carbocycles. The Kier molecular flexibility index (Phi) is 7.67. The number of para-hydroxylation sites is 1. The minimum atomic E-state index is -3.04. The second kappa shape index (κ2) is 11.1. The van der Waals surface area contributed by atoms with E-state index < -0.39 is 24.4 Å². The summed E-state index contributed by atoms with van der Waals surface area (Å²) in [6.45, 7) is -1.66. The van der Waals surface area contributed by atoms with Crippen LogP contribution in [0.4, 0.5) is 18.9 Å². The summed E-state index contributed by atoms with van der Waals surface area (Å²) in [5, 5.41) is 2.84. The van der Waals surface area contributed by atoms with E-state index in [1.165, 1.54) is 42.5 Å². The molecule has 3 aromatic rings. The van der Waals surface area contributed by atoms with E-state index in [1.54, 1.807) is 11.0 Å². The van der Waals surface area contributed by atoms with Gasteiger partial charge < -0.3 is 15.0 Å². The molecule has 182 valence electrons. The third kappa shape index (κ3) is 5.99. The first-order chi connectivity index (χ1) is 16.9. The first kappa shape index (κ1) is 24.3. The molecule has 1 heterocycles. The molecule has 35 heavy (non-hydrogen) atoms. The zero-order chi connectivity index (χ0) is 24.8. The maximum atomic E-state index is 13.3. The smallest absolute Gasteiger partial charge is 0.387 e. The van der Waals surface area contributed by atoms with Crippen LogP contribution < -0.4 is 10.1 Å². The summed E-state index contributed by atoms with van der Waals surface area (Å²) in [6.07, 6.45) is 0. The highest BCUT2D eigenvalue weighted by Crippen LogP contribution is 2.27. The van der Waals surface area contributed by atoms with Crippen LogP contribution >= 0.6 is 0 Å². The predicted molar refractivity (Wildman–Crippen MR) is 125 cm³/mol. The Morgan fingerprint density at radius 2 is 1.46 bits per heavy atom. The van der Waals surface area contributed by atoms with Gasteiger partial charge in [-0.25, -0.2) is 4.39 Å². The Morgan fingerprint density at radius 1 is 0.829 bits per heavy atom. The fourth-order valence-corrected chi connectivity index (χ4v) is 4.10. The first-order valence-corrected chi connectivity index (χ1v) is 11.1. The Hall–Kier alpha value is -3.85. The number of piperazine rings is 1. The van der Waals surface area contributed by atoms with Gasteiger partial charge in [-0.2, -0.15) is 8.78 Å². The minimum absolute atomic E-state index is 0.0647. The molecule has 0 saturated carbocycles. The van der Waals surface area contributed by atoms with E-state index in [1.807, 2.05) is 35.2 Å². The molecule has 0 aromatic heterocycles. The lowest BCUT2D eigenvalue weighted by atomic mass is 10.0. The number of ether oxygens (including phenoxy) is 1. The molecule has 6 nitrogen and oxygen atoms in total. The molecule has 9 heteroatoms. The van der Waals surface area contributed by atoms with Gasteiger partial charge in [0.2, 0.25) is 5.91 Å². The second-order valence-electron chi connectivity index (χ2n) is 8.01. The van der Waals surface area contributed by atoms with E-state index in [0.717, 1.165) is 5.56 Å². The molecule has 1 aliphatic rings. The van der Waals surface area contributed by atoms with Crippen LogP contribution in [0.15, 0.2) is 78.9 Å². The summed E-state index contributed by atoms with van der Waals surface area (Å²) in [4.78, 5) is 29.8. The van der Waals surface area contributed by atoms with Gasteiger partial charge in [0.25, 0.3) is 5.91 Å². The van der Waals surface area contributed by atoms with E-state index >= 15 is 0 Å². The summed E-state index contributed by atoms with van der Waals surface area (Å²) < 4.78 is 43.3. The van der Waals surface area contributed by atoms with E-state index in [-0.39, 0.29) is 17.2 Å². The number of rotatable bonds is 7. The van der Waals surface area contributed by atoms with E-state index in [9.17, 15) is 22.8 Å². The first-order valence-electron chi connectivity index (χ1n) is 11.1. The van der Waals surface area contributed by atoms with Gasteiger partial charge in [-0.05, 0) is 42.0 Å². The van der Waals surface area contributed by atoms with E-state index in [2.05, 4.69) is 10.1 Å². The number of halogens is 3. The summed E-state index contributed by atoms with van der Waals surface area (Å²) in [5.41, 5.74) is 1.32. The fourth-order valence-electron chi connectivity index (χ4n) is 4.10. The molecular formula is C26H24F3N3O3. The van der Waals surface area contributed by atoms with Gasteiger partial charge in [0.1, 0.15) is 17.6 Å². The average Bonchev–Trinajstić information content (AvgIpc) is 2.86. The van der Waals surface area contributed by atoms with Crippen LogP contribution in [0.2, 0.25) is 0 Å². The van der Waals surface area contributed by atoms with Crippen molar-refractivity contribution >= 4 is 17.5 Å². The van der Waals surface area contributed by atoms with Crippen LogP contribution in [0, 0.1) is 5.82 Å². The van der Waals surface area contributed by atoms with Crippen LogP contribution in [0.1, 0.15) is 22.0 Å². The topological polar surface area (TPSA) is 61.9 Å². The molecule has 4 rings (SSSR count). The zero-order valence-corrected chi connectivity index (χ0v) is 18.7. The standard InChI is InChI=1S/C26H24F3N3O3/c27-19-10-12-20(13-11-19)30-24(33)23(18-6-2-1-3-7-18)31-14-16-32(17-15-31)25(34)21-8-4-5-9-22(21)35-26(28)29/h1-13,23,26H,14-17H2,(H,30,33). The molecule has 0 aliphatic carbocycles. The summed E-state index contributed by atoms with van der Waals surface area (Å²) in [7, 11) is 0. The average molecular weight is 483 g/mol. The van der Waals surface area contributed by atoms with Crippen molar-refractivity contribution in [2.45, 2.75) is 12.7 Å². The molecule has 2 amide bonds. The fraction of sp³-hybridized carbons (Fsp3) is 0.231. The number of amides is 2. The zero-order valence-electron chi connectivity index (χ0n) is 18.7. The van der Waals surface area contributed by atoms with Crippen LogP contribution in [-0.2, 0) is 4.79 Å². The van der Waals surface area contributed by atoms with Gasteiger partial charge in [0.05, 0.1) is 5.56 Å². The van der Waals surface area contributed by atoms with E-state index in [0.29, 0.717) is 31.9 Å². The van der Waals surface area contributed by atoms with Crippen molar-refractivity contribution in [3.05, 3.63) is 95.8 Å². The highest BCUT2D eigenvalue weighted by atomic mass is 19.3. The van der Waals surface area contributed by atoms with Crippen molar-refractivity contribution in [3.63, 3.8) is 0 Å². The van der Waals surface area contributed by atoms with Gasteiger partial charge in [-0.3, -0.25) is 14.5 Å². The van der Waals surface area contributed by atoms with Crippen molar-refractivity contribution in [3.8, 4) is 5.75 Å². The lowest BCUT2D eigenvalue weighted by molar-refractivity contribution is -0.122. The van der Waals surface area contributed by atoms with Crippen LogP contribution in [0.3, 0.4) is 0 Å². The van der Waals surface area contributed by atoms with Crippen LogP contribution in [-0.4, -0.2) is 54.4 Å². The molecule has 1 N–H and O–H groups in total. The number of nitrogens with zero attached hydrogens (tertiary/aromatic N) is 2. The molecule has 0 spiro atoms. The number of nitrogens with one attached hydrogen (secondary N) is 1. The van der Waals surface area contributed by atoms with Gasteiger partial charge in [0.15, 0.2) is 0 Å². The van der Waals surface area contributed by atoms with Gasteiger partial charge >= 0.3 is 6.61 Å². The Labute approximate surface area is 200 Å². The van der Waals surface area contributed by atoms with Crippen molar-refractivity contribution < 1.29 is 27.5 Å². The minimum Gasteiger partial charge on any atom is -0.434 e. The molecule has 1 atom stereocenters. The van der Waals surface area contributed by atoms with E-state index in [4.69, 9.17) is 0 Å². The molecule has 1 saturated heterocycles. The van der Waals surface area contributed by atoms with Crippen LogP contribution in [0.5, 0.6) is 5.75 Å². The Morgan fingerprint density at radius 3 is 2.11 bits per heavy atom. The monoisotopic (exact) mass is 483 g/mol. The highest BCUT2D eigenvalue weighted by molar-refractivity contribution is 5.97. The van der Waals surface area contributed by atoms with Gasteiger partial charge in [0, 0.05) is 31.9 Å². The van der Waals surface area contributed by atoms with Crippen molar-refractivity contribution in [1.82, 2.24) is 9.80 Å². The molecule has 1 aliphatic heterocycles. The molecule has 0 bridgehead atoms. The molecule has 0 radical (unpaired) electrons. The van der Waals surface area contributed by atoms with Crippen molar-refractivity contribution in [2.75, 3.05) is 31.5 Å². The maximum absolute atomic E-state index is 13.3. The maximum Gasteiger partial charge on any atom is 0.387 e. The summed E-state index contributed by atoms with van der Waals surface area (Å²) in [6, 6.07) is 20.0. The normalized spacial score (nSPS) is 15.0. The Bertz CT molecular complexity index is 1150. The van der Waals surface area contributed by atoms with Crippen LogP contribution in [0.25, 0.3) is 0 Å². The summed E-state index contributed by atoms with van der Waals surface area (Å²) in [5.74, 6) is -1.26. The number of carbonyl (C=O) groups excluding carboxylic acids is 2. The third-order valence-electron chi connectivity index (χ3n) is 5.78. The number of hydrogen-bond acceptors (Lipinski definition) is 4. The third-order valence-corrected chi connectivity index (χ3v) is 5.78. The lowest BCUT2D eigenvalue weighted by Gasteiger charge is -2.39. The summed E-state index contributed by atoms with van der Waals surface area (Å²) >= 11 is 0. The van der Waals surface area contributed by atoms with Crippen molar-refractivity contribution in [1.29, 1.82) is 0 Å². The largest absolute Gasteiger partial charge is 0.434 e. The number of benzene rings is 3.